The molecule has 6 nitrogen and oxygen atoms in total. The van der Waals surface area contributed by atoms with Gasteiger partial charge in [-0.1, -0.05) is 0 Å². The van der Waals surface area contributed by atoms with Crippen LogP contribution in [-0.2, 0) is 4.74 Å². The summed E-state index contributed by atoms with van der Waals surface area (Å²) in [7, 11) is 0. The summed E-state index contributed by atoms with van der Waals surface area (Å²) in [5.41, 5.74) is 1.61. The van der Waals surface area contributed by atoms with Crippen molar-refractivity contribution >= 4 is 38.6 Å². The lowest BCUT2D eigenvalue weighted by atomic mass is 10.0. The molecule has 0 radical (unpaired) electrons. The average molecular weight is 447 g/mol. The third-order valence-corrected chi connectivity index (χ3v) is 5.99. The molecule has 0 unspecified atom stereocenters. The molecule has 2 aliphatic rings. The molecule has 0 bridgehead atoms. The molecule has 1 aromatic carbocycles. The predicted molar refractivity (Wildman–Crippen MR) is 114 cm³/mol. The number of amides is 1. The highest BCUT2D eigenvalue weighted by Crippen LogP contribution is 2.36. The second-order valence-corrected chi connectivity index (χ2v) is 9.55. The van der Waals surface area contributed by atoms with Gasteiger partial charge in [0.25, 0.3) is 0 Å². The number of carbonyl (C=O) groups excluding carboxylic acids is 1. The number of benzene rings is 1. The molecular formula is C21H27BrN4O2. The third-order valence-electron chi connectivity index (χ3n) is 5.35. The Morgan fingerprint density at radius 2 is 1.82 bits per heavy atom. The molecule has 1 aliphatic carbocycles. The van der Waals surface area contributed by atoms with Crippen LogP contribution in [0.5, 0.6) is 0 Å². The molecule has 150 valence electrons. The number of anilines is 1. The molecule has 1 saturated carbocycles. The number of aromatic nitrogens is 2. The number of piperidine rings is 1. The van der Waals surface area contributed by atoms with E-state index in [1.165, 1.54) is 5.69 Å². The molecule has 2 heterocycles. The first kappa shape index (κ1) is 19.4. The van der Waals surface area contributed by atoms with E-state index in [4.69, 9.17) is 4.74 Å². The first-order valence-electron chi connectivity index (χ1n) is 9.99. The van der Waals surface area contributed by atoms with Gasteiger partial charge in [-0.05, 0) is 80.6 Å². The van der Waals surface area contributed by atoms with Crippen molar-refractivity contribution in [3.05, 3.63) is 28.9 Å². The number of hydrogen-bond donors (Lipinski definition) is 0. The number of carbonyl (C=O) groups is 1. The molecule has 28 heavy (non-hydrogen) atoms. The number of nitrogens with zero attached hydrogens (tertiary/aromatic N) is 4. The van der Waals surface area contributed by atoms with Crippen LogP contribution in [0, 0.1) is 0 Å². The zero-order valence-corrected chi connectivity index (χ0v) is 18.3. The fourth-order valence-electron chi connectivity index (χ4n) is 3.96. The van der Waals surface area contributed by atoms with Crippen molar-refractivity contribution in [1.29, 1.82) is 0 Å². The van der Waals surface area contributed by atoms with Gasteiger partial charge in [0.05, 0.1) is 6.20 Å². The highest BCUT2D eigenvalue weighted by molar-refractivity contribution is 9.10. The van der Waals surface area contributed by atoms with Crippen molar-refractivity contribution in [1.82, 2.24) is 15.1 Å². The molecule has 1 saturated heterocycles. The van der Waals surface area contributed by atoms with Crippen molar-refractivity contribution in [2.75, 3.05) is 18.0 Å². The van der Waals surface area contributed by atoms with Crippen LogP contribution in [0.15, 0.2) is 28.9 Å². The topological polar surface area (TPSA) is 58.6 Å². The number of halogens is 1. The van der Waals surface area contributed by atoms with Crippen LogP contribution in [0.2, 0.25) is 0 Å². The first-order valence-corrected chi connectivity index (χ1v) is 10.8. The van der Waals surface area contributed by atoms with Gasteiger partial charge in [0.2, 0.25) is 0 Å². The SMILES string of the molecule is CC(C)(C)OC(=O)N(C1CC1)C1CCN(c2ccc(Br)c3nnccc23)CC1. The lowest BCUT2D eigenvalue weighted by Gasteiger charge is -2.40. The Hall–Kier alpha value is -1.89. The number of ether oxygens (including phenoxy) is 1. The van der Waals surface area contributed by atoms with Crippen LogP contribution in [0.4, 0.5) is 10.5 Å². The minimum absolute atomic E-state index is 0.155. The molecule has 7 heteroatoms. The van der Waals surface area contributed by atoms with Crippen LogP contribution in [0.25, 0.3) is 10.9 Å². The Balaban J connectivity index is 1.49. The normalized spacial score (nSPS) is 18.4. The van der Waals surface area contributed by atoms with Crippen LogP contribution >= 0.6 is 15.9 Å². The van der Waals surface area contributed by atoms with E-state index < -0.39 is 5.60 Å². The van der Waals surface area contributed by atoms with Gasteiger partial charge in [-0.2, -0.15) is 5.10 Å². The van der Waals surface area contributed by atoms with E-state index in [9.17, 15) is 4.79 Å². The van der Waals surface area contributed by atoms with Gasteiger partial charge in [0.1, 0.15) is 11.1 Å². The number of rotatable bonds is 3. The molecule has 0 atom stereocenters. The Morgan fingerprint density at radius 3 is 2.46 bits per heavy atom. The molecule has 0 spiro atoms. The third kappa shape index (κ3) is 4.09. The summed E-state index contributed by atoms with van der Waals surface area (Å²) in [6.45, 7) is 7.62. The lowest BCUT2D eigenvalue weighted by molar-refractivity contribution is 0.0114. The summed E-state index contributed by atoms with van der Waals surface area (Å²) in [4.78, 5) is 17.2. The molecule has 2 aromatic rings. The Bertz CT molecular complexity index is 870. The van der Waals surface area contributed by atoms with Crippen molar-refractivity contribution in [3.8, 4) is 0 Å². The summed E-state index contributed by atoms with van der Waals surface area (Å²) in [5, 5.41) is 9.39. The predicted octanol–water partition coefficient (Wildman–Crippen LogP) is 4.76. The molecule has 1 aromatic heterocycles. The molecule has 0 N–H and O–H groups in total. The molecular weight excluding hydrogens is 420 g/mol. The van der Waals surface area contributed by atoms with E-state index in [1.807, 2.05) is 37.8 Å². The van der Waals surface area contributed by atoms with Crippen molar-refractivity contribution in [2.24, 2.45) is 0 Å². The first-order chi connectivity index (χ1) is 13.3. The highest BCUT2D eigenvalue weighted by atomic mass is 79.9. The zero-order chi connectivity index (χ0) is 19.9. The Kier molecular flexibility index (Phi) is 5.21. The summed E-state index contributed by atoms with van der Waals surface area (Å²) < 4.78 is 6.65. The minimum Gasteiger partial charge on any atom is -0.444 e. The fourth-order valence-corrected chi connectivity index (χ4v) is 4.39. The number of hydrogen-bond acceptors (Lipinski definition) is 5. The molecule has 1 amide bonds. The maximum atomic E-state index is 12.8. The van der Waals surface area contributed by atoms with Gasteiger partial charge in [-0.15, -0.1) is 5.10 Å². The molecule has 4 rings (SSSR count). The summed E-state index contributed by atoms with van der Waals surface area (Å²) in [5.74, 6) is 0. The van der Waals surface area contributed by atoms with Crippen LogP contribution in [0.1, 0.15) is 46.5 Å². The maximum absolute atomic E-state index is 12.8. The van der Waals surface area contributed by atoms with Gasteiger partial charge < -0.3 is 14.5 Å². The minimum atomic E-state index is -0.456. The second-order valence-electron chi connectivity index (χ2n) is 8.70. The number of fused-ring (bicyclic) bond motifs is 1. The van der Waals surface area contributed by atoms with Crippen LogP contribution in [-0.4, -0.2) is 52.0 Å². The van der Waals surface area contributed by atoms with Gasteiger partial charge >= 0.3 is 6.09 Å². The van der Waals surface area contributed by atoms with E-state index in [0.717, 1.165) is 54.1 Å². The average Bonchev–Trinajstić information content (AvgIpc) is 3.47. The summed E-state index contributed by atoms with van der Waals surface area (Å²) in [6.07, 6.45) is 5.67. The summed E-state index contributed by atoms with van der Waals surface area (Å²) >= 11 is 3.57. The zero-order valence-electron chi connectivity index (χ0n) is 16.7. The second kappa shape index (κ2) is 7.50. The van der Waals surface area contributed by atoms with Gasteiger partial charge in [-0.25, -0.2) is 4.79 Å². The quantitative estimate of drug-likeness (QED) is 0.679. The van der Waals surface area contributed by atoms with Crippen molar-refractivity contribution < 1.29 is 9.53 Å². The van der Waals surface area contributed by atoms with E-state index in [-0.39, 0.29) is 12.1 Å². The van der Waals surface area contributed by atoms with Gasteiger partial charge in [-0.3, -0.25) is 0 Å². The molecule has 1 aliphatic heterocycles. The largest absolute Gasteiger partial charge is 0.444 e. The van der Waals surface area contributed by atoms with E-state index in [2.05, 4.69) is 37.1 Å². The van der Waals surface area contributed by atoms with Crippen molar-refractivity contribution in [2.45, 2.75) is 64.1 Å². The van der Waals surface area contributed by atoms with Crippen LogP contribution < -0.4 is 4.90 Å². The van der Waals surface area contributed by atoms with E-state index >= 15 is 0 Å². The van der Waals surface area contributed by atoms with E-state index in [1.54, 1.807) is 6.20 Å². The van der Waals surface area contributed by atoms with E-state index in [0.29, 0.717) is 6.04 Å². The Labute approximate surface area is 174 Å². The maximum Gasteiger partial charge on any atom is 0.410 e. The highest BCUT2D eigenvalue weighted by Gasteiger charge is 2.40. The van der Waals surface area contributed by atoms with Crippen molar-refractivity contribution in [3.63, 3.8) is 0 Å². The fraction of sp³-hybridized carbons (Fsp3) is 0.571. The van der Waals surface area contributed by atoms with Gasteiger partial charge in [0, 0.05) is 40.7 Å². The standard InChI is InChI=1S/C21H27BrN4O2/c1-21(2,3)28-20(27)26(14-4-5-14)15-9-12-25(13-10-15)18-7-6-17(22)19-16(18)8-11-23-24-19/h6-8,11,14-15H,4-5,9-10,12-13H2,1-3H3. The Morgan fingerprint density at radius 1 is 1.14 bits per heavy atom. The lowest BCUT2D eigenvalue weighted by Crippen LogP contribution is -2.50. The van der Waals surface area contributed by atoms with Crippen LogP contribution in [0.3, 0.4) is 0 Å². The monoisotopic (exact) mass is 446 g/mol. The summed E-state index contributed by atoms with van der Waals surface area (Å²) in [6, 6.07) is 6.80. The molecule has 2 fully saturated rings. The smallest absolute Gasteiger partial charge is 0.410 e. The van der Waals surface area contributed by atoms with Gasteiger partial charge in [0.15, 0.2) is 0 Å².